The Kier molecular flexibility index (Phi) is 9.12. The van der Waals surface area contributed by atoms with Gasteiger partial charge < -0.3 is 9.47 Å². The highest BCUT2D eigenvalue weighted by atomic mass is 32.2. The van der Waals surface area contributed by atoms with Gasteiger partial charge in [0, 0.05) is 13.0 Å². The fraction of sp³-hybridized carbons (Fsp3) is 0.464. The third-order valence-corrected chi connectivity index (χ3v) is 8.34. The van der Waals surface area contributed by atoms with Crippen LogP contribution in [-0.2, 0) is 30.9 Å². The van der Waals surface area contributed by atoms with Crippen molar-refractivity contribution in [3.8, 4) is 0 Å². The van der Waals surface area contributed by atoms with Gasteiger partial charge >= 0.3 is 0 Å². The molecule has 7 heteroatoms. The van der Waals surface area contributed by atoms with E-state index in [2.05, 4.69) is 29.0 Å². The Labute approximate surface area is 208 Å². The number of fused-ring (bicyclic) bond motifs is 2. The molecule has 2 heterocycles. The molecular weight excluding hydrogens is 462 g/mol. The lowest BCUT2D eigenvalue weighted by molar-refractivity contribution is -0.119. The molecule has 2 aliphatic rings. The number of hydrogen-bond acceptors (Lipinski definition) is 5. The highest BCUT2D eigenvalue weighted by molar-refractivity contribution is 7.90. The maximum absolute atomic E-state index is 12.2. The third kappa shape index (κ3) is 7.26. The van der Waals surface area contributed by atoms with Crippen molar-refractivity contribution in [1.29, 1.82) is 0 Å². The summed E-state index contributed by atoms with van der Waals surface area (Å²) in [4.78, 5) is 12.2. The number of rotatable bonds is 13. The molecule has 6 nitrogen and oxygen atoms in total. The van der Waals surface area contributed by atoms with E-state index in [1.807, 2.05) is 18.2 Å². The van der Waals surface area contributed by atoms with Gasteiger partial charge in [0.05, 0.1) is 23.7 Å². The van der Waals surface area contributed by atoms with Crippen molar-refractivity contribution in [2.24, 2.45) is 11.8 Å². The van der Waals surface area contributed by atoms with Gasteiger partial charge in [-0.05, 0) is 68.1 Å². The molecule has 35 heavy (non-hydrogen) atoms. The Morgan fingerprint density at radius 2 is 1.66 bits per heavy atom. The highest BCUT2D eigenvalue weighted by Crippen LogP contribution is 2.46. The number of hydrogen-bond donors (Lipinski definition) is 1. The van der Waals surface area contributed by atoms with Crippen LogP contribution in [0.25, 0.3) is 0 Å². The first-order chi connectivity index (χ1) is 17.0. The molecule has 2 aromatic carbocycles. The Hall–Kier alpha value is -2.48. The molecule has 2 bridgehead atoms. The van der Waals surface area contributed by atoms with Crippen molar-refractivity contribution in [3.05, 3.63) is 78.4 Å². The predicted octanol–water partition coefficient (Wildman–Crippen LogP) is 5.01. The summed E-state index contributed by atoms with van der Waals surface area (Å²) in [7, 11) is -3.80. The number of amides is 1. The second-order valence-electron chi connectivity index (χ2n) is 9.39. The van der Waals surface area contributed by atoms with Gasteiger partial charge in [0.15, 0.2) is 0 Å². The summed E-state index contributed by atoms with van der Waals surface area (Å²) in [5.41, 5.74) is 1.20. The summed E-state index contributed by atoms with van der Waals surface area (Å²) in [5.74, 6) is 0.576. The fourth-order valence-corrected chi connectivity index (χ4v) is 6.23. The van der Waals surface area contributed by atoms with Crippen LogP contribution in [0.15, 0.2) is 77.7 Å². The summed E-state index contributed by atoms with van der Waals surface area (Å²) in [6.07, 6.45) is 10.8. The highest BCUT2D eigenvalue weighted by Gasteiger charge is 2.47. The van der Waals surface area contributed by atoms with Gasteiger partial charge in [-0.2, -0.15) is 0 Å². The average Bonchev–Trinajstić information content (AvgIpc) is 3.47. The van der Waals surface area contributed by atoms with Crippen molar-refractivity contribution >= 4 is 15.9 Å². The maximum atomic E-state index is 12.2. The van der Waals surface area contributed by atoms with Crippen molar-refractivity contribution < 1.29 is 22.7 Å². The van der Waals surface area contributed by atoms with E-state index >= 15 is 0 Å². The van der Waals surface area contributed by atoms with E-state index in [1.165, 1.54) is 17.7 Å². The molecule has 2 aromatic rings. The number of allylic oxidation sites excluding steroid dienone is 2. The van der Waals surface area contributed by atoms with Crippen LogP contribution < -0.4 is 4.72 Å². The number of ether oxygens (including phenoxy) is 2. The molecule has 0 radical (unpaired) electrons. The van der Waals surface area contributed by atoms with E-state index < -0.39 is 15.9 Å². The van der Waals surface area contributed by atoms with Crippen LogP contribution >= 0.6 is 0 Å². The summed E-state index contributed by atoms with van der Waals surface area (Å²) in [5, 5.41) is 0. The van der Waals surface area contributed by atoms with Crippen LogP contribution in [0.2, 0.25) is 0 Å². The molecule has 2 saturated heterocycles. The van der Waals surface area contributed by atoms with Crippen molar-refractivity contribution in [2.75, 3.05) is 6.61 Å². The molecule has 0 spiro atoms. The molecular formula is C28H35NO5S. The zero-order chi connectivity index (χ0) is 24.5. The molecule has 4 atom stereocenters. The zero-order valence-electron chi connectivity index (χ0n) is 20.1. The number of benzene rings is 2. The smallest absolute Gasteiger partial charge is 0.264 e. The van der Waals surface area contributed by atoms with E-state index in [1.54, 1.807) is 18.2 Å². The third-order valence-electron chi connectivity index (χ3n) is 6.95. The number of unbranched alkanes of at least 4 members (excludes halogenated alkanes) is 1. The lowest BCUT2D eigenvalue weighted by Gasteiger charge is -2.27. The fourth-order valence-electron chi connectivity index (χ4n) is 5.19. The molecule has 0 saturated carbocycles. The Morgan fingerprint density at radius 1 is 0.971 bits per heavy atom. The van der Waals surface area contributed by atoms with Crippen molar-refractivity contribution in [3.63, 3.8) is 0 Å². The molecule has 2 aliphatic heterocycles. The van der Waals surface area contributed by atoms with Crippen LogP contribution in [0, 0.1) is 11.8 Å². The predicted molar refractivity (Wildman–Crippen MR) is 135 cm³/mol. The Morgan fingerprint density at radius 3 is 2.40 bits per heavy atom. The molecule has 0 aromatic heterocycles. The molecule has 0 aliphatic carbocycles. The summed E-state index contributed by atoms with van der Waals surface area (Å²) < 4.78 is 38.7. The lowest BCUT2D eigenvalue weighted by Crippen LogP contribution is -2.30. The SMILES string of the molecule is O=C(CCC/C=C\C[C@@H]1[C@H](CCOCc2ccccc2)[C@@H]2CC[C@H]1O2)NS(=O)(=O)c1ccccc1. The van der Waals surface area contributed by atoms with Gasteiger partial charge in [-0.25, -0.2) is 13.1 Å². The number of sulfonamides is 1. The first-order valence-electron chi connectivity index (χ1n) is 12.6. The monoisotopic (exact) mass is 497 g/mol. The number of carbonyl (C=O) groups is 1. The molecule has 1 N–H and O–H groups in total. The minimum absolute atomic E-state index is 0.0985. The van der Waals surface area contributed by atoms with E-state index in [0.717, 1.165) is 38.7 Å². The van der Waals surface area contributed by atoms with Gasteiger partial charge in [0.1, 0.15) is 0 Å². The van der Waals surface area contributed by atoms with Gasteiger partial charge in [0.25, 0.3) is 10.0 Å². The Balaban J connectivity index is 1.15. The second kappa shape index (κ2) is 12.5. The van der Waals surface area contributed by atoms with E-state index in [9.17, 15) is 13.2 Å². The average molecular weight is 498 g/mol. The van der Waals surface area contributed by atoms with Crippen LogP contribution in [0.4, 0.5) is 0 Å². The lowest BCUT2D eigenvalue weighted by atomic mass is 9.76. The van der Waals surface area contributed by atoms with Gasteiger partial charge in [-0.15, -0.1) is 0 Å². The largest absolute Gasteiger partial charge is 0.377 e. The first-order valence-corrected chi connectivity index (χ1v) is 14.0. The summed E-state index contributed by atoms with van der Waals surface area (Å²) in [6, 6.07) is 18.2. The molecule has 4 rings (SSSR count). The maximum Gasteiger partial charge on any atom is 0.264 e. The molecule has 2 fully saturated rings. The number of nitrogens with one attached hydrogen (secondary N) is 1. The normalized spacial score (nSPS) is 23.7. The number of carbonyl (C=O) groups excluding carboxylic acids is 1. The van der Waals surface area contributed by atoms with Crippen LogP contribution in [0.1, 0.15) is 50.5 Å². The standard InChI is InChI=1S/C28H35NO5S/c30-28(29-35(31,32)23-13-7-4-8-14-23)16-10-2-1-9-15-24-25(27-18-17-26(24)34-27)19-20-33-21-22-11-5-3-6-12-22/h1,3-9,11-14,24-27H,2,10,15-21H2,(H,29,30)/b9-1-/t24-,25+,26-,27+/m1/s1. The molecule has 188 valence electrons. The van der Waals surface area contributed by atoms with Crippen LogP contribution in [-0.4, -0.2) is 33.1 Å². The quantitative estimate of drug-likeness (QED) is 0.311. The van der Waals surface area contributed by atoms with Crippen molar-refractivity contribution in [1.82, 2.24) is 4.72 Å². The minimum Gasteiger partial charge on any atom is -0.377 e. The molecule has 0 unspecified atom stereocenters. The van der Waals surface area contributed by atoms with Crippen LogP contribution in [0.3, 0.4) is 0 Å². The van der Waals surface area contributed by atoms with E-state index in [-0.39, 0.29) is 11.3 Å². The first kappa shape index (κ1) is 25.6. The Bertz CT molecular complexity index is 1070. The summed E-state index contributed by atoms with van der Waals surface area (Å²) in [6.45, 7) is 1.39. The topological polar surface area (TPSA) is 81.7 Å². The van der Waals surface area contributed by atoms with E-state index in [4.69, 9.17) is 9.47 Å². The molecule has 1 amide bonds. The van der Waals surface area contributed by atoms with Gasteiger partial charge in [-0.3, -0.25) is 4.79 Å². The van der Waals surface area contributed by atoms with E-state index in [0.29, 0.717) is 37.1 Å². The zero-order valence-corrected chi connectivity index (χ0v) is 20.9. The van der Waals surface area contributed by atoms with Gasteiger partial charge in [0.2, 0.25) is 5.91 Å². The van der Waals surface area contributed by atoms with Gasteiger partial charge in [-0.1, -0.05) is 60.7 Å². The van der Waals surface area contributed by atoms with Crippen LogP contribution in [0.5, 0.6) is 0 Å². The second-order valence-corrected chi connectivity index (χ2v) is 11.1. The summed E-state index contributed by atoms with van der Waals surface area (Å²) >= 11 is 0. The van der Waals surface area contributed by atoms with Crippen molar-refractivity contribution in [2.45, 2.75) is 68.7 Å². The minimum atomic E-state index is -3.80.